The van der Waals surface area contributed by atoms with Crippen molar-refractivity contribution in [1.29, 1.82) is 0 Å². The van der Waals surface area contributed by atoms with E-state index < -0.39 is 17.9 Å². The molecule has 0 aliphatic carbocycles. The number of hydrogen-bond acceptors (Lipinski definition) is 6. The Morgan fingerprint density at radius 2 is 2.00 bits per heavy atom. The van der Waals surface area contributed by atoms with Gasteiger partial charge in [0.25, 0.3) is 11.8 Å². The van der Waals surface area contributed by atoms with Crippen LogP contribution in [0.1, 0.15) is 23.0 Å². The fraction of sp³-hybridized carbons (Fsp3) is 0.227. The van der Waals surface area contributed by atoms with Gasteiger partial charge in [-0.15, -0.1) is 0 Å². The molecule has 1 atom stereocenters. The quantitative estimate of drug-likeness (QED) is 0.591. The van der Waals surface area contributed by atoms with Crippen molar-refractivity contribution in [3.05, 3.63) is 53.9 Å². The van der Waals surface area contributed by atoms with Crippen molar-refractivity contribution in [2.24, 2.45) is 12.8 Å². The molecule has 31 heavy (non-hydrogen) atoms. The van der Waals surface area contributed by atoms with E-state index in [0.29, 0.717) is 29.1 Å². The van der Waals surface area contributed by atoms with E-state index in [2.05, 4.69) is 26.9 Å². The summed E-state index contributed by atoms with van der Waals surface area (Å²) >= 11 is 0. The van der Waals surface area contributed by atoms with Gasteiger partial charge in [-0.1, -0.05) is 24.0 Å². The lowest BCUT2D eigenvalue weighted by Gasteiger charge is -2.15. The number of primary amides is 1. The third-order valence-electron chi connectivity index (χ3n) is 4.51. The second kappa shape index (κ2) is 9.19. The number of aryl methyl sites for hydroxylation is 1. The Kier molecular flexibility index (Phi) is 6.43. The molecule has 1 unspecified atom stereocenters. The fourth-order valence-electron chi connectivity index (χ4n) is 2.70. The van der Waals surface area contributed by atoms with Crippen LogP contribution in [0.15, 0.2) is 42.6 Å². The largest absolute Gasteiger partial charge is 0.372 e. The Morgan fingerprint density at radius 3 is 2.65 bits per heavy atom. The third kappa shape index (κ3) is 5.12. The standard InChI is InChI=1S/C22H22N6O3/c1-4-27(2)22(31)19(29)9-8-14-6-5-7-15(12-14)21-24-17(13-18(25-21)20(23)30)16-10-11-28(3)26-16/h5-7,10-13,19,29H,4H2,1-3H3,(H2,23,30). The van der Waals surface area contributed by atoms with Crippen LogP contribution in [0.4, 0.5) is 0 Å². The van der Waals surface area contributed by atoms with Crippen LogP contribution in [-0.2, 0) is 11.8 Å². The van der Waals surface area contributed by atoms with Crippen LogP contribution >= 0.6 is 0 Å². The number of aliphatic hydroxyl groups is 1. The van der Waals surface area contributed by atoms with Gasteiger partial charge in [-0.2, -0.15) is 5.10 Å². The van der Waals surface area contributed by atoms with Crippen molar-refractivity contribution < 1.29 is 14.7 Å². The highest BCUT2D eigenvalue weighted by Gasteiger charge is 2.16. The molecule has 0 fully saturated rings. The summed E-state index contributed by atoms with van der Waals surface area (Å²) in [4.78, 5) is 33.9. The van der Waals surface area contributed by atoms with Crippen LogP contribution in [0.3, 0.4) is 0 Å². The molecule has 2 aromatic heterocycles. The van der Waals surface area contributed by atoms with E-state index in [1.54, 1.807) is 62.2 Å². The van der Waals surface area contributed by atoms with Gasteiger partial charge in [0.2, 0.25) is 0 Å². The Balaban J connectivity index is 1.97. The molecule has 2 heterocycles. The SMILES string of the molecule is CCN(C)C(=O)C(O)C#Cc1cccc(-c2nc(C(N)=O)cc(-c3ccn(C)n3)n2)c1. The van der Waals surface area contributed by atoms with Gasteiger partial charge in [-0.05, 0) is 31.2 Å². The normalized spacial score (nSPS) is 11.4. The fourth-order valence-corrected chi connectivity index (χ4v) is 2.70. The van der Waals surface area contributed by atoms with Gasteiger partial charge < -0.3 is 15.7 Å². The number of likely N-dealkylation sites (N-methyl/N-ethyl adjacent to an activating group) is 1. The summed E-state index contributed by atoms with van der Waals surface area (Å²) in [5.74, 6) is 4.47. The van der Waals surface area contributed by atoms with Crippen LogP contribution in [0.25, 0.3) is 22.8 Å². The molecule has 3 rings (SSSR count). The highest BCUT2D eigenvalue weighted by molar-refractivity contribution is 5.92. The number of amides is 2. The van der Waals surface area contributed by atoms with Crippen LogP contribution in [-0.4, -0.2) is 61.3 Å². The van der Waals surface area contributed by atoms with Gasteiger partial charge in [0.1, 0.15) is 11.4 Å². The first kappa shape index (κ1) is 21.7. The Hall–Kier alpha value is -4.03. The van der Waals surface area contributed by atoms with E-state index in [-0.39, 0.29) is 11.5 Å². The van der Waals surface area contributed by atoms with E-state index in [0.717, 1.165) is 0 Å². The highest BCUT2D eigenvalue weighted by Crippen LogP contribution is 2.22. The van der Waals surface area contributed by atoms with Crippen LogP contribution in [0.2, 0.25) is 0 Å². The molecule has 0 spiro atoms. The molecule has 9 heteroatoms. The maximum Gasteiger partial charge on any atom is 0.267 e. The number of nitrogens with zero attached hydrogens (tertiary/aromatic N) is 5. The lowest BCUT2D eigenvalue weighted by atomic mass is 10.1. The number of benzene rings is 1. The van der Waals surface area contributed by atoms with Gasteiger partial charge in [-0.25, -0.2) is 9.97 Å². The number of aliphatic hydroxyl groups excluding tert-OH is 1. The first-order valence-corrected chi connectivity index (χ1v) is 9.52. The van der Waals surface area contributed by atoms with Crippen LogP contribution in [0.5, 0.6) is 0 Å². The summed E-state index contributed by atoms with van der Waals surface area (Å²) in [5.41, 5.74) is 7.69. The summed E-state index contributed by atoms with van der Waals surface area (Å²) in [6, 6.07) is 10.2. The van der Waals surface area contributed by atoms with E-state index in [1.807, 2.05) is 0 Å². The van der Waals surface area contributed by atoms with Crippen LogP contribution < -0.4 is 5.73 Å². The first-order chi connectivity index (χ1) is 14.8. The molecule has 0 aliphatic heterocycles. The molecule has 9 nitrogen and oxygen atoms in total. The van der Waals surface area contributed by atoms with Crippen molar-refractivity contribution in [1.82, 2.24) is 24.6 Å². The Bertz CT molecular complexity index is 1190. The van der Waals surface area contributed by atoms with Crippen molar-refractivity contribution in [2.75, 3.05) is 13.6 Å². The monoisotopic (exact) mass is 418 g/mol. The Morgan fingerprint density at radius 1 is 1.23 bits per heavy atom. The molecule has 1 aromatic carbocycles. The third-order valence-corrected chi connectivity index (χ3v) is 4.51. The maximum atomic E-state index is 12.0. The zero-order valence-corrected chi connectivity index (χ0v) is 17.4. The topological polar surface area (TPSA) is 127 Å². The predicted octanol–water partition coefficient (Wildman–Crippen LogP) is 0.834. The summed E-state index contributed by atoms with van der Waals surface area (Å²) in [6.07, 6.45) is 0.346. The lowest BCUT2D eigenvalue weighted by Crippen LogP contribution is -2.35. The van der Waals surface area contributed by atoms with Crippen molar-refractivity contribution in [2.45, 2.75) is 13.0 Å². The molecule has 158 valence electrons. The summed E-state index contributed by atoms with van der Waals surface area (Å²) in [7, 11) is 3.37. The lowest BCUT2D eigenvalue weighted by molar-refractivity contribution is -0.135. The predicted molar refractivity (Wildman–Crippen MR) is 114 cm³/mol. The number of rotatable bonds is 5. The summed E-state index contributed by atoms with van der Waals surface area (Å²) in [6.45, 7) is 2.28. The number of hydrogen-bond donors (Lipinski definition) is 2. The number of carbonyl (C=O) groups excluding carboxylic acids is 2. The molecule has 0 saturated carbocycles. The van der Waals surface area contributed by atoms with E-state index >= 15 is 0 Å². The molecule has 0 bridgehead atoms. The second-order valence-corrected chi connectivity index (χ2v) is 6.81. The zero-order valence-electron chi connectivity index (χ0n) is 17.4. The van der Waals surface area contributed by atoms with Gasteiger partial charge in [-0.3, -0.25) is 14.3 Å². The molecular weight excluding hydrogens is 396 g/mol. The molecule has 2 amide bonds. The number of aromatic nitrogens is 4. The first-order valence-electron chi connectivity index (χ1n) is 9.52. The average Bonchev–Trinajstić information content (AvgIpc) is 3.22. The highest BCUT2D eigenvalue weighted by atomic mass is 16.3. The van der Waals surface area contributed by atoms with E-state index in [1.165, 1.54) is 11.0 Å². The molecule has 0 aliphatic rings. The second-order valence-electron chi connectivity index (χ2n) is 6.81. The molecule has 0 radical (unpaired) electrons. The minimum Gasteiger partial charge on any atom is -0.372 e. The average molecular weight is 418 g/mol. The van der Waals surface area contributed by atoms with Crippen molar-refractivity contribution in [3.63, 3.8) is 0 Å². The molecule has 3 aromatic rings. The minimum absolute atomic E-state index is 0.0609. The Labute approximate surface area is 179 Å². The van der Waals surface area contributed by atoms with Gasteiger partial charge in [0, 0.05) is 38.0 Å². The van der Waals surface area contributed by atoms with Crippen LogP contribution in [0, 0.1) is 11.8 Å². The van der Waals surface area contributed by atoms with Gasteiger partial charge >= 0.3 is 0 Å². The van der Waals surface area contributed by atoms with Gasteiger partial charge in [0.05, 0.1) is 5.69 Å². The van der Waals surface area contributed by atoms with Crippen molar-refractivity contribution in [3.8, 4) is 34.6 Å². The summed E-state index contributed by atoms with van der Waals surface area (Å²) < 4.78 is 1.62. The van der Waals surface area contributed by atoms with E-state index in [9.17, 15) is 14.7 Å². The molecule has 3 N–H and O–H groups in total. The smallest absolute Gasteiger partial charge is 0.267 e. The minimum atomic E-state index is -1.42. The molecular formula is C22H22N6O3. The zero-order chi connectivity index (χ0) is 22.5. The van der Waals surface area contributed by atoms with Crippen molar-refractivity contribution >= 4 is 11.8 Å². The van der Waals surface area contributed by atoms with Gasteiger partial charge in [0.15, 0.2) is 11.9 Å². The van der Waals surface area contributed by atoms with E-state index in [4.69, 9.17) is 5.73 Å². The maximum absolute atomic E-state index is 12.0. The number of carbonyl (C=O) groups is 2. The summed E-state index contributed by atoms with van der Waals surface area (Å²) in [5, 5.41) is 14.3. The number of nitrogens with two attached hydrogens (primary N) is 1. The molecule has 0 saturated heterocycles.